The van der Waals surface area contributed by atoms with Gasteiger partial charge >= 0.3 is 5.95 Å². The van der Waals surface area contributed by atoms with Crippen LogP contribution in [-0.4, -0.2) is 21.0 Å². The molecule has 0 aliphatic rings. The Labute approximate surface area is 120 Å². The highest BCUT2D eigenvalue weighted by Crippen LogP contribution is 2.39. The molecule has 0 fully saturated rings. The van der Waals surface area contributed by atoms with Gasteiger partial charge in [-0.1, -0.05) is 34.6 Å². The average Bonchev–Trinajstić information content (AvgIpc) is 2.27. The largest absolute Gasteiger partial charge is 0.517 e. The molecular weight excluding hydrogens is 256 g/mol. The van der Waals surface area contributed by atoms with Gasteiger partial charge in [0.15, 0.2) is 6.26 Å². The van der Waals surface area contributed by atoms with E-state index in [0.29, 0.717) is 5.95 Å². The van der Waals surface area contributed by atoms with E-state index in [9.17, 15) is 0 Å². The molecule has 0 heterocycles. The van der Waals surface area contributed by atoms with Gasteiger partial charge in [0.05, 0.1) is 7.11 Å². The average molecular weight is 289 g/mol. The first kappa shape index (κ1) is 18.4. The van der Waals surface area contributed by atoms with Crippen LogP contribution >= 0.6 is 0 Å². The normalized spacial score (nSPS) is 14.3. The lowest BCUT2D eigenvalue weighted by Gasteiger charge is -2.38. The number of methoxy groups -OCH3 is 1. The quantitative estimate of drug-likeness (QED) is 0.484. The summed E-state index contributed by atoms with van der Waals surface area (Å²) in [5.41, 5.74) is -0.202. The lowest BCUT2D eigenvalue weighted by Crippen LogP contribution is -2.42. The molecule has 0 aliphatic carbocycles. The van der Waals surface area contributed by atoms with Crippen molar-refractivity contribution in [1.82, 2.24) is 0 Å². The third-order valence-corrected chi connectivity index (χ3v) is 8.54. The maximum absolute atomic E-state index is 6.19. The van der Waals surface area contributed by atoms with Gasteiger partial charge in [-0.3, -0.25) is 0 Å². The fourth-order valence-corrected chi connectivity index (χ4v) is 2.11. The molecule has 114 valence electrons. The van der Waals surface area contributed by atoms with Crippen LogP contribution in [0.25, 0.3) is 0 Å². The van der Waals surface area contributed by atoms with Gasteiger partial charge in [0.1, 0.15) is 5.60 Å². The summed E-state index contributed by atoms with van der Waals surface area (Å²) in [5, 5.41) is 0.137. The van der Waals surface area contributed by atoms with Crippen molar-refractivity contribution in [3.63, 3.8) is 0 Å². The number of ether oxygens (including phenoxy) is 2. The van der Waals surface area contributed by atoms with Crippen molar-refractivity contribution in [2.75, 3.05) is 7.11 Å². The molecule has 0 aromatic rings. The summed E-state index contributed by atoms with van der Waals surface area (Å²) in [6, 6.07) is 0. The number of hydrogen-bond acceptors (Lipinski definition) is 3. The Morgan fingerprint density at radius 1 is 1.05 bits per heavy atom. The van der Waals surface area contributed by atoms with E-state index >= 15 is 0 Å². The fourth-order valence-electron chi connectivity index (χ4n) is 1.21. The topological polar surface area (TPSA) is 27.7 Å². The minimum Gasteiger partial charge on any atom is -0.517 e. The summed E-state index contributed by atoms with van der Waals surface area (Å²) in [7, 11) is -0.285. The number of rotatable bonds is 7. The zero-order chi connectivity index (χ0) is 15.3. The Bertz CT molecular complexity index is 299. The van der Waals surface area contributed by atoms with Crippen molar-refractivity contribution in [2.45, 2.75) is 78.1 Å². The van der Waals surface area contributed by atoms with E-state index in [0.717, 1.165) is 12.8 Å². The zero-order valence-corrected chi connectivity index (χ0v) is 15.2. The van der Waals surface area contributed by atoms with Crippen molar-refractivity contribution in [1.29, 1.82) is 0 Å². The molecule has 0 spiro atoms. The van der Waals surface area contributed by atoms with Gasteiger partial charge in [0, 0.05) is 0 Å². The predicted octanol–water partition coefficient (Wildman–Crippen LogP) is 5.05. The van der Waals surface area contributed by atoms with Crippen molar-refractivity contribution >= 4 is 8.32 Å². The minimum atomic E-state index is -1.90. The monoisotopic (exact) mass is 288 g/mol. The van der Waals surface area contributed by atoms with Crippen molar-refractivity contribution < 1.29 is 13.9 Å². The van der Waals surface area contributed by atoms with Crippen LogP contribution in [0.15, 0.2) is 12.2 Å². The van der Waals surface area contributed by atoms with Crippen LogP contribution in [0.1, 0.15) is 54.4 Å². The van der Waals surface area contributed by atoms with E-state index < -0.39 is 8.32 Å². The summed E-state index contributed by atoms with van der Waals surface area (Å²) in [5.74, 6) is 0.514. The van der Waals surface area contributed by atoms with Gasteiger partial charge in [-0.25, -0.2) is 0 Å². The molecule has 0 unspecified atom stereocenters. The fraction of sp³-hybridized carbons (Fsp3) is 0.867. The Hall–Kier alpha value is -0.643. The second-order valence-electron chi connectivity index (χ2n) is 6.79. The molecule has 0 aliphatic heterocycles. The highest BCUT2D eigenvalue weighted by molar-refractivity contribution is 6.74. The summed E-state index contributed by atoms with van der Waals surface area (Å²) >= 11 is 0. The van der Waals surface area contributed by atoms with Crippen molar-refractivity contribution in [3.05, 3.63) is 12.2 Å². The smallest absolute Gasteiger partial charge is 0.302 e. The minimum absolute atomic E-state index is 0.137. The van der Waals surface area contributed by atoms with Crippen LogP contribution in [0.3, 0.4) is 0 Å². The van der Waals surface area contributed by atoms with Crippen LogP contribution < -0.4 is 0 Å². The lowest BCUT2D eigenvalue weighted by molar-refractivity contribution is -0.0459. The summed E-state index contributed by atoms with van der Waals surface area (Å²) in [4.78, 5) is 0. The second kappa shape index (κ2) is 6.68. The van der Waals surface area contributed by atoms with Gasteiger partial charge in [-0.05, 0) is 37.9 Å². The third kappa shape index (κ3) is 5.47. The molecule has 19 heavy (non-hydrogen) atoms. The SMILES string of the molecule is CCC(C)(CC)O/C(=C/OC)O[Si](C)(C)C(C)(C)C. The standard InChI is InChI=1S/C15H32O3Si/c1-10-15(6,11-2)17-13(12-16-7)18-19(8,9)14(3,4)5/h12H,10-11H2,1-9H3/b13-12-. The molecule has 0 atom stereocenters. The highest BCUT2D eigenvalue weighted by Gasteiger charge is 2.40. The van der Waals surface area contributed by atoms with Gasteiger partial charge < -0.3 is 13.9 Å². The summed E-state index contributed by atoms with van der Waals surface area (Å²) in [6.07, 6.45) is 3.45. The molecule has 0 radical (unpaired) electrons. The van der Waals surface area contributed by atoms with Crippen LogP contribution in [0.4, 0.5) is 0 Å². The van der Waals surface area contributed by atoms with E-state index in [2.05, 4.69) is 54.6 Å². The van der Waals surface area contributed by atoms with Crippen LogP contribution in [0.5, 0.6) is 0 Å². The Balaban J connectivity index is 5.02. The van der Waals surface area contributed by atoms with Crippen molar-refractivity contribution in [2.24, 2.45) is 0 Å². The first-order valence-corrected chi connectivity index (χ1v) is 10.0. The van der Waals surface area contributed by atoms with Gasteiger partial charge in [-0.15, -0.1) is 0 Å². The van der Waals surface area contributed by atoms with E-state index in [1.165, 1.54) is 0 Å². The molecule has 0 N–H and O–H groups in total. The molecule has 0 saturated carbocycles. The van der Waals surface area contributed by atoms with Crippen molar-refractivity contribution in [3.8, 4) is 0 Å². The van der Waals surface area contributed by atoms with Crippen LogP contribution in [-0.2, 0) is 13.9 Å². The molecule has 0 bridgehead atoms. The summed E-state index contributed by atoms with van der Waals surface area (Å²) < 4.78 is 17.4. The van der Waals surface area contributed by atoms with Crippen LogP contribution in [0.2, 0.25) is 18.1 Å². The second-order valence-corrected chi connectivity index (χ2v) is 11.5. The lowest BCUT2D eigenvalue weighted by atomic mass is 10.0. The third-order valence-electron chi connectivity index (χ3n) is 4.22. The van der Waals surface area contributed by atoms with E-state index in [1.54, 1.807) is 13.4 Å². The Kier molecular flexibility index (Phi) is 6.46. The Morgan fingerprint density at radius 3 is 1.84 bits per heavy atom. The van der Waals surface area contributed by atoms with Crippen LogP contribution in [0, 0.1) is 0 Å². The maximum Gasteiger partial charge on any atom is 0.302 e. The first-order chi connectivity index (χ1) is 8.51. The summed E-state index contributed by atoms with van der Waals surface area (Å²) in [6.45, 7) is 17.4. The van der Waals surface area contributed by atoms with Gasteiger partial charge in [0.25, 0.3) is 8.32 Å². The molecule has 4 heteroatoms. The molecule has 0 aromatic heterocycles. The molecule has 0 amide bonds. The number of hydrogen-bond donors (Lipinski definition) is 0. The maximum atomic E-state index is 6.19. The molecule has 0 saturated heterocycles. The van der Waals surface area contributed by atoms with Gasteiger partial charge in [-0.2, -0.15) is 0 Å². The van der Waals surface area contributed by atoms with Gasteiger partial charge in [0.2, 0.25) is 0 Å². The Morgan fingerprint density at radius 2 is 1.53 bits per heavy atom. The molecule has 0 rings (SSSR count). The molecule has 0 aromatic carbocycles. The van der Waals surface area contributed by atoms with E-state index in [4.69, 9.17) is 13.9 Å². The predicted molar refractivity (Wildman–Crippen MR) is 83.4 cm³/mol. The molecule has 3 nitrogen and oxygen atoms in total. The molecular formula is C15H32O3Si. The highest BCUT2D eigenvalue weighted by atomic mass is 28.4. The first-order valence-electron chi connectivity index (χ1n) is 7.12. The zero-order valence-electron chi connectivity index (χ0n) is 14.2. The van der Waals surface area contributed by atoms with E-state index in [1.807, 2.05) is 0 Å². The van der Waals surface area contributed by atoms with E-state index in [-0.39, 0.29) is 10.6 Å².